The number of piperidine rings is 1. The maximum atomic E-state index is 12.7. The van der Waals surface area contributed by atoms with Crippen molar-refractivity contribution in [3.8, 4) is 0 Å². The third-order valence-electron chi connectivity index (χ3n) is 5.12. The second kappa shape index (κ2) is 5.29. The summed E-state index contributed by atoms with van der Waals surface area (Å²) in [5.41, 5.74) is 3.89. The molecule has 1 amide bonds. The Hall–Kier alpha value is -1.06. The fraction of sp³-hybridized carbons (Fsp3) is 0.588. The number of hydrogen-bond acceptors (Lipinski definition) is 2. The molecule has 2 atom stereocenters. The summed E-state index contributed by atoms with van der Waals surface area (Å²) >= 11 is 0. The van der Waals surface area contributed by atoms with Crippen LogP contribution in [0.5, 0.6) is 0 Å². The van der Waals surface area contributed by atoms with Crippen LogP contribution < -0.4 is 4.90 Å². The molecular formula is C17H23ClN2O. The molecule has 3 aliphatic rings. The number of amides is 1. The fourth-order valence-electron chi connectivity index (χ4n) is 3.90. The van der Waals surface area contributed by atoms with Crippen molar-refractivity contribution in [3.05, 3.63) is 29.3 Å². The highest BCUT2D eigenvalue weighted by molar-refractivity contribution is 5.99. The predicted octanol–water partition coefficient (Wildman–Crippen LogP) is 2.96. The summed E-state index contributed by atoms with van der Waals surface area (Å²) < 4.78 is 0. The number of benzene rings is 1. The molecule has 114 valence electrons. The lowest BCUT2D eigenvalue weighted by Crippen LogP contribution is -2.47. The standard InChI is InChI=1S/C17H22N2O.ClH/c1-11-3-6-15-13(9-11)14-10-18(2)8-7-16(14)19(15)17(20)12-4-5-12;/h3,6,9,12,14,16H,4-5,7-8,10H2,1-2H3;1H/t14-,16-;/m0./s1. The van der Waals surface area contributed by atoms with Crippen LogP contribution in [0.2, 0.25) is 0 Å². The van der Waals surface area contributed by atoms with Gasteiger partial charge in [0.1, 0.15) is 0 Å². The zero-order chi connectivity index (χ0) is 13.9. The van der Waals surface area contributed by atoms with E-state index in [1.54, 1.807) is 0 Å². The Morgan fingerprint density at radius 2 is 2.00 bits per heavy atom. The van der Waals surface area contributed by atoms with E-state index in [2.05, 4.69) is 42.0 Å². The van der Waals surface area contributed by atoms with Crippen LogP contribution in [0.3, 0.4) is 0 Å². The Bertz CT molecular complexity index is 570. The minimum Gasteiger partial charge on any atom is -0.308 e. The quantitative estimate of drug-likeness (QED) is 0.796. The van der Waals surface area contributed by atoms with Crippen molar-refractivity contribution >= 4 is 24.0 Å². The van der Waals surface area contributed by atoms with Crippen molar-refractivity contribution in [2.45, 2.75) is 38.1 Å². The lowest BCUT2D eigenvalue weighted by molar-refractivity contribution is -0.120. The highest BCUT2D eigenvalue weighted by Crippen LogP contribution is 2.47. The Labute approximate surface area is 132 Å². The number of carbonyl (C=O) groups is 1. The van der Waals surface area contributed by atoms with Crippen LogP contribution in [0.1, 0.15) is 36.3 Å². The Kier molecular flexibility index (Phi) is 3.74. The molecule has 21 heavy (non-hydrogen) atoms. The molecule has 0 bridgehead atoms. The van der Waals surface area contributed by atoms with Crippen LogP contribution in [0, 0.1) is 12.8 Å². The molecule has 2 fully saturated rings. The van der Waals surface area contributed by atoms with Crippen LogP contribution in [-0.2, 0) is 4.79 Å². The number of fused-ring (bicyclic) bond motifs is 3. The first-order valence-corrected chi connectivity index (χ1v) is 7.77. The minimum absolute atomic E-state index is 0. The average molecular weight is 307 g/mol. The summed E-state index contributed by atoms with van der Waals surface area (Å²) in [5.74, 6) is 1.20. The zero-order valence-corrected chi connectivity index (χ0v) is 13.5. The molecule has 0 N–H and O–H groups in total. The first kappa shape index (κ1) is 14.9. The Morgan fingerprint density at radius 3 is 2.71 bits per heavy atom. The van der Waals surface area contributed by atoms with Crippen molar-refractivity contribution in [3.63, 3.8) is 0 Å². The number of nitrogens with zero attached hydrogens (tertiary/aromatic N) is 2. The van der Waals surface area contributed by atoms with Gasteiger partial charge in [0.25, 0.3) is 0 Å². The summed E-state index contributed by atoms with van der Waals surface area (Å²) in [6.07, 6.45) is 3.29. The second-order valence-corrected chi connectivity index (χ2v) is 6.77. The monoisotopic (exact) mass is 306 g/mol. The van der Waals surface area contributed by atoms with Gasteiger partial charge < -0.3 is 9.80 Å². The first-order valence-electron chi connectivity index (χ1n) is 7.77. The van der Waals surface area contributed by atoms with Gasteiger partial charge in [-0.05, 0) is 51.4 Å². The smallest absolute Gasteiger partial charge is 0.230 e. The first-order chi connectivity index (χ1) is 9.65. The van der Waals surface area contributed by atoms with Gasteiger partial charge in [0.05, 0.1) is 0 Å². The fourth-order valence-corrected chi connectivity index (χ4v) is 3.90. The second-order valence-electron chi connectivity index (χ2n) is 6.77. The van der Waals surface area contributed by atoms with E-state index in [0.29, 0.717) is 23.8 Å². The van der Waals surface area contributed by atoms with Crippen LogP contribution in [0.4, 0.5) is 5.69 Å². The summed E-state index contributed by atoms with van der Waals surface area (Å²) in [7, 11) is 2.19. The highest BCUT2D eigenvalue weighted by Gasteiger charge is 2.47. The number of likely N-dealkylation sites (N-methyl/N-ethyl adjacent to an activating group) is 1. The largest absolute Gasteiger partial charge is 0.308 e. The number of rotatable bonds is 1. The van der Waals surface area contributed by atoms with E-state index in [1.807, 2.05) is 0 Å². The van der Waals surface area contributed by atoms with Gasteiger partial charge in [0, 0.05) is 30.1 Å². The zero-order valence-electron chi connectivity index (χ0n) is 12.7. The van der Waals surface area contributed by atoms with Gasteiger partial charge in [-0.25, -0.2) is 0 Å². The van der Waals surface area contributed by atoms with E-state index in [1.165, 1.54) is 16.8 Å². The molecule has 0 aromatic heterocycles. The molecule has 2 heterocycles. The summed E-state index contributed by atoms with van der Waals surface area (Å²) in [6, 6.07) is 7.01. The van der Waals surface area contributed by atoms with Crippen molar-refractivity contribution in [1.82, 2.24) is 4.90 Å². The molecule has 1 aliphatic carbocycles. The molecule has 1 saturated heterocycles. The minimum atomic E-state index is 0. The van der Waals surface area contributed by atoms with Crippen molar-refractivity contribution in [1.29, 1.82) is 0 Å². The molecule has 1 aromatic rings. The van der Waals surface area contributed by atoms with Gasteiger partial charge in [0.2, 0.25) is 5.91 Å². The van der Waals surface area contributed by atoms with E-state index >= 15 is 0 Å². The number of aryl methyl sites for hydroxylation is 1. The Balaban J connectivity index is 0.00000132. The average Bonchev–Trinajstić information content (AvgIpc) is 3.22. The SMILES string of the molecule is Cc1ccc2c(c1)[C@@H]1CN(C)CC[C@@H]1N2C(=O)C1CC1.Cl. The van der Waals surface area contributed by atoms with Crippen LogP contribution in [0.15, 0.2) is 18.2 Å². The van der Waals surface area contributed by atoms with Crippen LogP contribution >= 0.6 is 12.4 Å². The predicted molar refractivity (Wildman–Crippen MR) is 87.3 cm³/mol. The molecule has 4 heteroatoms. The number of anilines is 1. The molecule has 1 aromatic carbocycles. The van der Waals surface area contributed by atoms with Gasteiger partial charge >= 0.3 is 0 Å². The van der Waals surface area contributed by atoms with Gasteiger partial charge in [-0.2, -0.15) is 0 Å². The molecule has 0 spiro atoms. The van der Waals surface area contributed by atoms with E-state index in [-0.39, 0.29) is 12.4 Å². The summed E-state index contributed by atoms with van der Waals surface area (Å²) in [6.45, 7) is 4.32. The van der Waals surface area contributed by atoms with Gasteiger partial charge in [0.15, 0.2) is 0 Å². The molecule has 0 radical (unpaired) electrons. The number of carbonyl (C=O) groups excluding carboxylic acids is 1. The van der Waals surface area contributed by atoms with E-state index in [9.17, 15) is 4.79 Å². The Morgan fingerprint density at radius 1 is 1.24 bits per heavy atom. The van der Waals surface area contributed by atoms with E-state index in [4.69, 9.17) is 0 Å². The van der Waals surface area contributed by atoms with Crippen molar-refractivity contribution < 1.29 is 4.79 Å². The maximum absolute atomic E-state index is 12.7. The maximum Gasteiger partial charge on any atom is 0.230 e. The van der Waals surface area contributed by atoms with Crippen molar-refractivity contribution in [2.75, 3.05) is 25.0 Å². The lowest BCUT2D eigenvalue weighted by atomic mass is 9.89. The molecule has 1 saturated carbocycles. The summed E-state index contributed by atoms with van der Waals surface area (Å²) in [4.78, 5) is 17.3. The topological polar surface area (TPSA) is 23.6 Å². The van der Waals surface area contributed by atoms with Gasteiger partial charge in [-0.3, -0.25) is 4.79 Å². The van der Waals surface area contributed by atoms with Gasteiger partial charge in [-0.1, -0.05) is 17.7 Å². The normalized spacial score (nSPS) is 27.8. The molecule has 0 unspecified atom stereocenters. The third-order valence-corrected chi connectivity index (χ3v) is 5.12. The highest BCUT2D eigenvalue weighted by atomic mass is 35.5. The molecule has 2 aliphatic heterocycles. The van der Waals surface area contributed by atoms with E-state index in [0.717, 1.165) is 32.4 Å². The van der Waals surface area contributed by atoms with Crippen molar-refractivity contribution in [2.24, 2.45) is 5.92 Å². The van der Waals surface area contributed by atoms with Crippen LogP contribution in [0.25, 0.3) is 0 Å². The van der Waals surface area contributed by atoms with Gasteiger partial charge in [-0.15, -0.1) is 12.4 Å². The van der Waals surface area contributed by atoms with E-state index < -0.39 is 0 Å². The number of halogens is 1. The molecule has 4 rings (SSSR count). The third kappa shape index (κ3) is 2.36. The lowest BCUT2D eigenvalue weighted by Gasteiger charge is -2.36. The summed E-state index contributed by atoms with van der Waals surface area (Å²) in [5, 5.41) is 0. The molecule has 3 nitrogen and oxygen atoms in total. The number of likely N-dealkylation sites (tertiary alicyclic amines) is 1. The van der Waals surface area contributed by atoms with Crippen LogP contribution in [-0.4, -0.2) is 37.0 Å². The molecular weight excluding hydrogens is 284 g/mol. The number of hydrogen-bond donors (Lipinski definition) is 0.